The van der Waals surface area contributed by atoms with Gasteiger partial charge < -0.3 is 9.22 Å². The Labute approximate surface area is 101 Å². The number of benzene rings is 1. The van der Waals surface area contributed by atoms with Crippen molar-refractivity contribution in [3.63, 3.8) is 0 Å². The number of carbonyl (C=O) groups is 2. The number of quaternary nitrogens is 1. The SMILES string of the molecule is C[N+](C)(C)CCOC(=O)c1ccc(C=O)cc1. The summed E-state index contributed by atoms with van der Waals surface area (Å²) in [6.45, 7) is 1.15. The van der Waals surface area contributed by atoms with Gasteiger partial charge in [-0.05, 0) is 12.1 Å². The average molecular weight is 236 g/mol. The van der Waals surface area contributed by atoms with Crippen molar-refractivity contribution in [1.82, 2.24) is 0 Å². The molecule has 1 aromatic rings. The van der Waals surface area contributed by atoms with Crippen molar-refractivity contribution in [2.75, 3.05) is 34.3 Å². The van der Waals surface area contributed by atoms with Gasteiger partial charge in [0, 0.05) is 5.56 Å². The van der Waals surface area contributed by atoms with Gasteiger partial charge in [-0.25, -0.2) is 4.79 Å². The molecule has 0 radical (unpaired) electrons. The van der Waals surface area contributed by atoms with Gasteiger partial charge in [0.2, 0.25) is 0 Å². The monoisotopic (exact) mass is 236 g/mol. The van der Waals surface area contributed by atoms with Crippen molar-refractivity contribution in [3.8, 4) is 0 Å². The van der Waals surface area contributed by atoms with Gasteiger partial charge in [-0.2, -0.15) is 0 Å². The second-order valence-electron chi connectivity index (χ2n) is 4.89. The first-order valence-electron chi connectivity index (χ1n) is 5.45. The summed E-state index contributed by atoms with van der Waals surface area (Å²) in [4.78, 5) is 22.1. The molecule has 0 aliphatic rings. The van der Waals surface area contributed by atoms with Crippen LogP contribution in [-0.2, 0) is 4.74 Å². The zero-order valence-electron chi connectivity index (χ0n) is 10.5. The molecule has 0 heterocycles. The van der Waals surface area contributed by atoms with Gasteiger partial charge >= 0.3 is 5.97 Å². The lowest BCUT2D eigenvalue weighted by atomic mass is 10.1. The number of hydrogen-bond donors (Lipinski definition) is 0. The van der Waals surface area contributed by atoms with Crippen LogP contribution in [0, 0.1) is 0 Å². The third kappa shape index (κ3) is 4.78. The van der Waals surface area contributed by atoms with Crippen LogP contribution in [0.4, 0.5) is 0 Å². The fourth-order valence-electron chi connectivity index (χ4n) is 1.19. The lowest BCUT2D eigenvalue weighted by molar-refractivity contribution is -0.870. The predicted molar refractivity (Wildman–Crippen MR) is 65.0 cm³/mol. The molecule has 0 aromatic heterocycles. The van der Waals surface area contributed by atoms with Crippen molar-refractivity contribution in [3.05, 3.63) is 35.4 Å². The van der Waals surface area contributed by atoms with Gasteiger partial charge in [0.1, 0.15) is 19.4 Å². The number of likely N-dealkylation sites (N-methyl/N-ethyl adjacent to an activating group) is 1. The number of aldehydes is 1. The Morgan fingerprint density at radius 3 is 2.29 bits per heavy atom. The fourth-order valence-corrected chi connectivity index (χ4v) is 1.19. The molecule has 0 saturated heterocycles. The van der Waals surface area contributed by atoms with E-state index in [9.17, 15) is 9.59 Å². The molecule has 0 amide bonds. The third-order valence-electron chi connectivity index (χ3n) is 2.28. The number of ether oxygens (including phenoxy) is 1. The summed E-state index contributed by atoms with van der Waals surface area (Å²) in [5, 5.41) is 0. The van der Waals surface area contributed by atoms with E-state index in [4.69, 9.17) is 4.74 Å². The van der Waals surface area contributed by atoms with Crippen LogP contribution >= 0.6 is 0 Å². The number of rotatable bonds is 5. The Hall–Kier alpha value is -1.68. The van der Waals surface area contributed by atoms with Gasteiger partial charge in [-0.15, -0.1) is 0 Å². The minimum Gasteiger partial charge on any atom is -0.456 e. The normalized spacial score (nSPS) is 11.0. The topological polar surface area (TPSA) is 43.4 Å². The Morgan fingerprint density at radius 2 is 1.82 bits per heavy atom. The zero-order chi connectivity index (χ0) is 12.9. The summed E-state index contributed by atoms with van der Waals surface area (Å²) in [5.74, 6) is -0.351. The van der Waals surface area contributed by atoms with E-state index in [0.29, 0.717) is 17.7 Å². The molecule has 0 N–H and O–H groups in total. The summed E-state index contributed by atoms with van der Waals surface area (Å²) in [7, 11) is 6.10. The molecule has 4 heteroatoms. The third-order valence-corrected chi connectivity index (χ3v) is 2.28. The minimum absolute atomic E-state index is 0.351. The summed E-state index contributed by atoms with van der Waals surface area (Å²) < 4.78 is 5.88. The average Bonchev–Trinajstić information content (AvgIpc) is 2.27. The maximum Gasteiger partial charge on any atom is 0.338 e. The Kier molecular flexibility index (Phi) is 4.40. The van der Waals surface area contributed by atoms with Crippen LogP contribution in [0.25, 0.3) is 0 Å². The van der Waals surface area contributed by atoms with E-state index in [1.54, 1.807) is 24.3 Å². The van der Waals surface area contributed by atoms with Crippen molar-refractivity contribution in [2.45, 2.75) is 0 Å². The number of nitrogens with zero attached hydrogens (tertiary/aromatic N) is 1. The summed E-state index contributed by atoms with van der Waals surface area (Å²) >= 11 is 0. The second kappa shape index (κ2) is 5.59. The lowest BCUT2D eigenvalue weighted by Gasteiger charge is -2.23. The lowest BCUT2D eigenvalue weighted by Crippen LogP contribution is -2.38. The van der Waals surface area contributed by atoms with E-state index >= 15 is 0 Å². The van der Waals surface area contributed by atoms with Crippen molar-refractivity contribution < 1.29 is 18.8 Å². The molecule has 0 aliphatic carbocycles. The van der Waals surface area contributed by atoms with Gasteiger partial charge in [-0.3, -0.25) is 4.79 Å². The zero-order valence-corrected chi connectivity index (χ0v) is 10.5. The van der Waals surface area contributed by atoms with Gasteiger partial charge in [0.25, 0.3) is 0 Å². The molecule has 0 spiro atoms. The van der Waals surface area contributed by atoms with Gasteiger partial charge in [0.05, 0.1) is 26.7 Å². The van der Waals surface area contributed by atoms with Crippen molar-refractivity contribution in [1.29, 1.82) is 0 Å². The van der Waals surface area contributed by atoms with Crippen LogP contribution in [0.2, 0.25) is 0 Å². The molecule has 0 bridgehead atoms. The highest BCUT2D eigenvalue weighted by molar-refractivity contribution is 5.90. The first-order valence-corrected chi connectivity index (χ1v) is 5.45. The van der Waals surface area contributed by atoms with E-state index in [1.165, 1.54) is 0 Å². The molecule has 1 rings (SSSR count). The number of carbonyl (C=O) groups excluding carboxylic acids is 2. The maximum absolute atomic E-state index is 11.6. The smallest absolute Gasteiger partial charge is 0.338 e. The molecule has 0 saturated carbocycles. The molecule has 92 valence electrons. The fraction of sp³-hybridized carbons (Fsp3) is 0.385. The first-order chi connectivity index (χ1) is 7.92. The van der Waals surface area contributed by atoms with Crippen LogP contribution in [-0.4, -0.2) is 51.0 Å². The highest BCUT2D eigenvalue weighted by atomic mass is 16.5. The standard InChI is InChI=1S/C13H18NO3/c1-14(2,3)8-9-17-13(16)12-6-4-11(10-15)5-7-12/h4-7,10H,8-9H2,1-3H3/q+1. The molecule has 1 aromatic carbocycles. The van der Waals surface area contributed by atoms with E-state index in [-0.39, 0.29) is 5.97 Å². The molecule has 0 aliphatic heterocycles. The van der Waals surface area contributed by atoms with E-state index in [2.05, 4.69) is 0 Å². The summed E-state index contributed by atoms with van der Waals surface area (Å²) in [6, 6.07) is 6.39. The first kappa shape index (κ1) is 13.4. The highest BCUT2D eigenvalue weighted by Gasteiger charge is 2.10. The predicted octanol–water partition coefficient (Wildman–Crippen LogP) is 1.36. The molecular weight excluding hydrogens is 218 g/mol. The van der Waals surface area contributed by atoms with Gasteiger partial charge in [0.15, 0.2) is 0 Å². The van der Waals surface area contributed by atoms with Gasteiger partial charge in [-0.1, -0.05) is 12.1 Å². The Balaban J connectivity index is 2.49. The summed E-state index contributed by atoms with van der Waals surface area (Å²) in [5.41, 5.74) is 1.02. The number of esters is 1. The van der Waals surface area contributed by atoms with Crippen molar-refractivity contribution >= 4 is 12.3 Å². The molecular formula is C13H18NO3+. The van der Waals surface area contributed by atoms with Crippen LogP contribution in [0.5, 0.6) is 0 Å². The Bertz CT molecular complexity index is 390. The van der Waals surface area contributed by atoms with Crippen molar-refractivity contribution in [2.24, 2.45) is 0 Å². The number of hydrogen-bond acceptors (Lipinski definition) is 3. The van der Waals surface area contributed by atoms with E-state index in [1.807, 2.05) is 21.1 Å². The summed E-state index contributed by atoms with van der Waals surface area (Å²) in [6.07, 6.45) is 0.742. The van der Waals surface area contributed by atoms with Crippen LogP contribution in [0.3, 0.4) is 0 Å². The van der Waals surface area contributed by atoms with E-state index in [0.717, 1.165) is 17.3 Å². The van der Waals surface area contributed by atoms with Crippen LogP contribution < -0.4 is 0 Å². The molecule has 4 nitrogen and oxygen atoms in total. The minimum atomic E-state index is -0.351. The maximum atomic E-state index is 11.6. The molecule has 0 atom stereocenters. The van der Waals surface area contributed by atoms with Crippen LogP contribution in [0.15, 0.2) is 24.3 Å². The highest BCUT2D eigenvalue weighted by Crippen LogP contribution is 2.04. The second-order valence-corrected chi connectivity index (χ2v) is 4.89. The van der Waals surface area contributed by atoms with Crippen LogP contribution in [0.1, 0.15) is 20.7 Å². The molecule has 0 fully saturated rings. The molecule has 17 heavy (non-hydrogen) atoms. The molecule has 0 unspecified atom stereocenters. The largest absolute Gasteiger partial charge is 0.456 e. The Morgan fingerprint density at radius 1 is 1.24 bits per heavy atom. The quantitative estimate of drug-likeness (QED) is 0.440. The van der Waals surface area contributed by atoms with E-state index < -0.39 is 0 Å².